The number of hydrogen-bond donors (Lipinski definition) is 2. The maximum atomic E-state index is 11.7. The smallest absolute Gasteiger partial charge is 0.267 e. The van der Waals surface area contributed by atoms with Crippen molar-refractivity contribution in [1.29, 1.82) is 0 Å². The fraction of sp³-hybridized carbons (Fsp3) is 0.263. The van der Waals surface area contributed by atoms with Gasteiger partial charge in [0.15, 0.2) is 0 Å². The zero-order chi connectivity index (χ0) is 17.6. The lowest BCUT2D eigenvalue weighted by atomic mass is 10.1. The Hall–Kier alpha value is -3.02. The van der Waals surface area contributed by atoms with E-state index in [-0.39, 0.29) is 5.91 Å². The zero-order valence-electron chi connectivity index (χ0n) is 14.4. The lowest BCUT2D eigenvalue weighted by molar-refractivity contribution is -0.115. The third kappa shape index (κ3) is 4.29. The number of nitrogens with one attached hydrogen (secondary N) is 2. The molecule has 1 aliphatic heterocycles. The number of amides is 1. The number of rotatable bonds is 4. The van der Waals surface area contributed by atoms with Crippen molar-refractivity contribution in [3.63, 3.8) is 0 Å². The molecule has 128 valence electrons. The van der Waals surface area contributed by atoms with E-state index in [1.54, 1.807) is 0 Å². The quantitative estimate of drug-likeness (QED) is 0.642. The van der Waals surface area contributed by atoms with Crippen LogP contribution in [0.2, 0.25) is 0 Å². The van der Waals surface area contributed by atoms with Gasteiger partial charge < -0.3 is 5.32 Å². The van der Waals surface area contributed by atoms with Crippen LogP contribution in [-0.4, -0.2) is 18.2 Å². The molecule has 0 aromatic heterocycles. The lowest BCUT2D eigenvalue weighted by Gasteiger charge is -2.14. The molecule has 1 amide bonds. The number of carbonyl (C=O) groups excluding carboxylic acids is 1. The van der Waals surface area contributed by atoms with Gasteiger partial charge in [-0.3, -0.25) is 10.2 Å². The van der Waals surface area contributed by atoms with Crippen molar-refractivity contribution in [3.05, 3.63) is 53.6 Å². The van der Waals surface area contributed by atoms with Crippen LogP contribution in [0.25, 0.3) is 0 Å². The molecular formula is C19H21N5O. The van der Waals surface area contributed by atoms with Crippen molar-refractivity contribution in [2.45, 2.75) is 26.7 Å². The number of aryl methyl sites for hydroxylation is 2. The number of nitrogens with zero attached hydrogens (tertiary/aromatic N) is 3. The van der Waals surface area contributed by atoms with Crippen LogP contribution < -0.4 is 10.7 Å². The van der Waals surface area contributed by atoms with Crippen LogP contribution in [0.1, 0.15) is 24.0 Å². The van der Waals surface area contributed by atoms with Gasteiger partial charge in [-0.2, -0.15) is 15.3 Å². The number of carbonyl (C=O) groups is 1. The van der Waals surface area contributed by atoms with E-state index < -0.39 is 0 Å². The number of anilines is 1. The molecule has 2 aromatic carbocycles. The van der Waals surface area contributed by atoms with Crippen molar-refractivity contribution >= 4 is 28.7 Å². The van der Waals surface area contributed by atoms with Crippen molar-refractivity contribution in [1.82, 2.24) is 5.32 Å². The Morgan fingerprint density at radius 1 is 1.04 bits per heavy atom. The van der Waals surface area contributed by atoms with Crippen LogP contribution >= 0.6 is 0 Å². The van der Waals surface area contributed by atoms with E-state index in [2.05, 4.69) is 26.1 Å². The van der Waals surface area contributed by atoms with Gasteiger partial charge in [0.2, 0.25) is 0 Å². The fourth-order valence-corrected chi connectivity index (χ4v) is 2.53. The van der Waals surface area contributed by atoms with Crippen molar-refractivity contribution in [3.8, 4) is 0 Å². The summed E-state index contributed by atoms with van der Waals surface area (Å²) in [7, 11) is 0. The molecule has 1 saturated heterocycles. The third-order valence-corrected chi connectivity index (χ3v) is 4.05. The molecule has 0 bridgehead atoms. The van der Waals surface area contributed by atoms with Crippen molar-refractivity contribution < 1.29 is 4.79 Å². The van der Waals surface area contributed by atoms with E-state index in [1.165, 1.54) is 0 Å². The molecule has 0 unspecified atom stereocenters. The van der Waals surface area contributed by atoms with E-state index in [0.717, 1.165) is 41.2 Å². The normalized spacial score (nSPS) is 16.2. The van der Waals surface area contributed by atoms with Gasteiger partial charge in [-0.15, -0.1) is 0 Å². The predicted octanol–water partition coefficient (Wildman–Crippen LogP) is 4.40. The Balaban J connectivity index is 1.71. The highest BCUT2D eigenvalue weighted by atomic mass is 16.2. The molecule has 0 radical (unpaired) electrons. The van der Waals surface area contributed by atoms with E-state index in [0.29, 0.717) is 12.1 Å². The van der Waals surface area contributed by atoms with Gasteiger partial charge in [0, 0.05) is 6.54 Å². The molecule has 1 fully saturated rings. The van der Waals surface area contributed by atoms with Crippen LogP contribution in [-0.2, 0) is 4.79 Å². The summed E-state index contributed by atoms with van der Waals surface area (Å²) in [6.07, 6.45) is 1.62. The standard InChI is InChI=1S/C19H21N5O/c1-13-6-3-4-7-16(13)22-21-15-9-10-17(14(2)12-15)23-24-18-8-5-11-20-19(18)25/h3-4,6-7,9-10,12,23H,5,8,11H2,1-2H3,(H,20,25)/b22-21?,24-18+. The summed E-state index contributed by atoms with van der Waals surface area (Å²) in [6, 6.07) is 13.6. The van der Waals surface area contributed by atoms with Gasteiger partial charge in [-0.25, -0.2) is 0 Å². The maximum absolute atomic E-state index is 11.7. The maximum Gasteiger partial charge on any atom is 0.267 e. The van der Waals surface area contributed by atoms with E-state index in [4.69, 9.17) is 0 Å². The topological polar surface area (TPSA) is 78.2 Å². The monoisotopic (exact) mass is 335 g/mol. The Kier molecular flexibility index (Phi) is 5.18. The molecule has 1 heterocycles. The van der Waals surface area contributed by atoms with E-state index >= 15 is 0 Å². The van der Waals surface area contributed by atoms with Crippen LogP contribution in [0.3, 0.4) is 0 Å². The molecule has 2 N–H and O–H groups in total. The molecule has 0 spiro atoms. The molecule has 3 rings (SSSR count). The van der Waals surface area contributed by atoms with Gasteiger partial charge in [0.05, 0.1) is 17.1 Å². The molecule has 25 heavy (non-hydrogen) atoms. The molecular weight excluding hydrogens is 314 g/mol. The average Bonchev–Trinajstić information content (AvgIpc) is 2.61. The Labute approximate surface area is 147 Å². The second-order valence-corrected chi connectivity index (χ2v) is 6.02. The summed E-state index contributed by atoms with van der Waals surface area (Å²) in [5.74, 6) is -0.0972. The van der Waals surface area contributed by atoms with Crippen LogP contribution in [0.5, 0.6) is 0 Å². The number of piperidine rings is 1. The van der Waals surface area contributed by atoms with Crippen LogP contribution in [0, 0.1) is 13.8 Å². The van der Waals surface area contributed by atoms with Gasteiger partial charge >= 0.3 is 0 Å². The summed E-state index contributed by atoms with van der Waals surface area (Å²) in [4.78, 5) is 11.7. The lowest BCUT2D eigenvalue weighted by Crippen LogP contribution is -2.37. The van der Waals surface area contributed by atoms with Gasteiger partial charge in [0.1, 0.15) is 5.71 Å². The number of hydrazone groups is 1. The average molecular weight is 335 g/mol. The minimum absolute atomic E-state index is 0.0972. The Bertz CT molecular complexity index is 841. The van der Waals surface area contributed by atoms with Crippen molar-refractivity contribution in [2.75, 3.05) is 12.0 Å². The third-order valence-electron chi connectivity index (χ3n) is 4.05. The highest BCUT2D eigenvalue weighted by molar-refractivity contribution is 6.39. The number of benzene rings is 2. The predicted molar refractivity (Wildman–Crippen MR) is 99.8 cm³/mol. The van der Waals surface area contributed by atoms with E-state index in [1.807, 2.05) is 56.3 Å². The molecule has 0 atom stereocenters. The fourth-order valence-electron chi connectivity index (χ4n) is 2.53. The highest BCUT2D eigenvalue weighted by Crippen LogP contribution is 2.25. The molecule has 6 heteroatoms. The first kappa shape index (κ1) is 16.8. The molecule has 6 nitrogen and oxygen atoms in total. The van der Waals surface area contributed by atoms with Gasteiger partial charge in [-0.1, -0.05) is 18.2 Å². The summed E-state index contributed by atoms with van der Waals surface area (Å²) < 4.78 is 0. The minimum atomic E-state index is -0.0972. The first-order valence-corrected chi connectivity index (χ1v) is 8.32. The first-order chi connectivity index (χ1) is 12.1. The van der Waals surface area contributed by atoms with Gasteiger partial charge in [0.25, 0.3) is 5.91 Å². The Morgan fingerprint density at radius 3 is 2.64 bits per heavy atom. The van der Waals surface area contributed by atoms with Crippen LogP contribution in [0.4, 0.5) is 17.1 Å². The summed E-state index contributed by atoms with van der Waals surface area (Å²) in [6.45, 7) is 4.70. The molecule has 1 aliphatic rings. The van der Waals surface area contributed by atoms with Crippen LogP contribution in [0.15, 0.2) is 57.8 Å². The second kappa shape index (κ2) is 7.70. The molecule has 2 aromatic rings. The second-order valence-electron chi connectivity index (χ2n) is 6.02. The Morgan fingerprint density at radius 2 is 1.88 bits per heavy atom. The minimum Gasteiger partial charge on any atom is -0.351 e. The molecule has 0 aliphatic carbocycles. The van der Waals surface area contributed by atoms with E-state index in [9.17, 15) is 4.79 Å². The molecule has 0 saturated carbocycles. The highest BCUT2D eigenvalue weighted by Gasteiger charge is 2.15. The number of azo groups is 1. The summed E-state index contributed by atoms with van der Waals surface area (Å²) >= 11 is 0. The number of hydrogen-bond acceptors (Lipinski definition) is 5. The van der Waals surface area contributed by atoms with Gasteiger partial charge in [-0.05, 0) is 62.1 Å². The first-order valence-electron chi connectivity index (χ1n) is 8.32. The summed E-state index contributed by atoms with van der Waals surface area (Å²) in [5.41, 5.74) is 8.07. The van der Waals surface area contributed by atoms with Crippen molar-refractivity contribution in [2.24, 2.45) is 15.3 Å². The zero-order valence-corrected chi connectivity index (χ0v) is 14.4. The SMILES string of the molecule is Cc1ccccc1N=Nc1ccc(N/N=C2\CCCNC2=O)c(C)c1. The largest absolute Gasteiger partial charge is 0.351 e. The summed E-state index contributed by atoms with van der Waals surface area (Å²) in [5, 5.41) is 15.6.